The number of nitrogens with two attached hydrogens (primary N) is 1. The highest BCUT2D eigenvalue weighted by Crippen LogP contribution is 2.12. The lowest BCUT2D eigenvalue weighted by molar-refractivity contribution is -0.119. The van der Waals surface area contributed by atoms with Crippen LogP contribution < -0.4 is 10.5 Å². The summed E-state index contributed by atoms with van der Waals surface area (Å²) in [5, 5.41) is 8.82. The topological polar surface area (TPSA) is 79.3 Å². The fourth-order valence-corrected chi connectivity index (χ4v) is 2.01. The SMILES string of the molecule is CCCCN(CCCOc1cccc(C#N)c1)CC(N)=O. The molecule has 21 heavy (non-hydrogen) atoms. The minimum Gasteiger partial charge on any atom is -0.494 e. The van der Waals surface area contributed by atoms with Crippen LogP contribution in [0.15, 0.2) is 24.3 Å². The maximum absolute atomic E-state index is 11.0. The first kappa shape index (κ1) is 17.0. The van der Waals surface area contributed by atoms with Crippen molar-refractivity contribution in [3.8, 4) is 11.8 Å². The summed E-state index contributed by atoms with van der Waals surface area (Å²) in [4.78, 5) is 13.1. The fraction of sp³-hybridized carbons (Fsp3) is 0.500. The minimum atomic E-state index is -0.297. The Morgan fingerprint density at radius 3 is 2.81 bits per heavy atom. The van der Waals surface area contributed by atoms with Crippen molar-refractivity contribution >= 4 is 5.91 Å². The van der Waals surface area contributed by atoms with Gasteiger partial charge in [0.05, 0.1) is 24.8 Å². The van der Waals surface area contributed by atoms with Crippen molar-refractivity contribution in [1.29, 1.82) is 5.26 Å². The van der Waals surface area contributed by atoms with E-state index in [1.807, 2.05) is 6.07 Å². The standard InChI is InChI=1S/C16H23N3O2/c1-2-3-8-19(13-16(18)20)9-5-10-21-15-7-4-6-14(11-15)12-17/h4,6-7,11H,2-3,5,8-10,13H2,1H3,(H2,18,20). The molecule has 0 saturated heterocycles. The fourth-order valence-electron chi connectivity index (χ4n) is 2.01. The molecule has 0 radical (unpaired) electrons. The van der Waals surface area contributed by atoms with Gasteiger partial charge >= 0.3 is 0 Å². The first-order valence-corrected chi connectivity index (χ1v) is 7.29. The van der Waals surface area contributed by atoms with Crippen LogP contribution in [0.4, 0.5) is 0 Å². The predicted molar refractivity (Wildman–Crippen MR) is 81.8 cm³/mol. The van der Waals surface area contributed by atoms with E-state index in [0.717, 1.165) is 32.4 Å². The second kappa shape index (κ2) is 9.78. The molecule has 1 aromatic carbocycles. The van der Waals surface area contributed by atoms with E-state index in [-0.39, 0.29) is 5.91 Å². The van der Waals surface area contributed by atoms with Crippen molar-refractivity contribution in [2.75, 3.05) is 26.2 Å². The summed E-state index contributed by atoms with van der Waals surface area (Å²) in [6.45, 7) is 4.62. The third-order valence-corrected chi connectivity index (χ3v) is 3.06. The largest absolute Gasteiger partial charge is 0.494 e. The molecule has 1 rings (SSSR count). The molecule has 2 N–H and O–H groups in total. The van der Waals surface area contributed by atoms with Crippen LogP contribution in [0, 0.1) is 11.3 Å². The van der Waals surface area contributed by atoms with Gasteiger partial charge in [-0.25, -0.2) is 0 Å². The maximum atomic E-state index is 11.0. The lowest BCUT2D eigenvalue weighted by atomic mass is 10.2. The number of carbonyl (C=O) groups is 1. The van der Waals surface area contributed by atoms with Gasteiger partial charge in [-0.1, -0.05) is 19.4 Å². The van der Waals surface area contributed by atoms with E-state index >= 15 is 0 Å². The summed E-state index contributed by atoms with van der Waals surface area (Å²) in [7, 11) is 0. The first-order valence-electron chi connectivity index (χ1n) is 7.29. The Morgan fingerprint density at radius 2 is 2.14 bits per heavy atom. The van der Waals surface area contributed by atoms with Crippen LogP contribution >= 0.6 is 0 Å². The van der Waals surface area contributed by atoms with Gasteiger partial charge in [0.1, 0.15) is 5.75 Å². The van der Waals surface area contributed by atoms with Crippen molar-refractivity contribution in [3.63, 3.8) is 0 Å². The summed E-state index contributed by atoms with van der Waals surface area (Å²) < 4.78 is 5.61. The number of benzene rings is 1. The molecule has 0 bridgehead atoms. The molecule has 0 heterocycles. The van der Waals surface area contributed by atoms with E-state index < -0.39 is 0 Å². The van der Waals surface area contributed by atoms with Gasteiger partial charge < -0.3 is 10.5 Å². The zero-order valence-electron chi connectivity index (χ0n) is 12.5. The zero-order chi connectivity index (χ0) is 15.5. The van der Waals surface area contributed by atoms with E-state index in [1.54, 1.807) is 18.2 Å². The Balaban J connectivity index is 2.32. The van der Waals surface area contributed by atoms with Crippen LogP contribution in [-0.2, 0) is 4.79 Å². The third-order valence-electron chi connectivity index (χ3n) is 3.06. The van der Waals surface area contributed by atoms with Gasteiger partial charge in [0, 0.05) is 6.54 Å². The Kier molecular flexibility index (Phi) is 7.92. The molecule has 5 heteroatoms. The summed E-state index contributed by atoms with van der Waals surface area (Å²) in [5.41, 5.74) is 5.84. The lowest BCUT2D eigenvalue weighted by Crippen LogP contribution is -2.35. The second-order valence-corrected chi connectivity index (χ2v) is 4.94. The number of amides is 1. The van der Waals surface area contributed by atoms with Crippen LogP contribution in [0.5, 0.6) is 5.75 Å². The number of nitriles is 1. The number of ether oxygens (including phenoxy) is 1. The molecule has 0 atom stereocenters. The highest BCUT2D eigenvalue weighted by Gasteiger charge is 2.07. The molecule has 0 unspecified atom stereocenters. The van der Waals surface area contributed by atoms with Crippen LogP contribution in [0.3, 0.4) is 0 Å². The number of nitrogens with zero attached hydrogens (tertiary/aromatic N) is 2. The van der Waals surface area contributed by atoms with E-state index in [2.05, 4.69) is 17.9 Å². The first-order chi connectivity index (χ1) is 10.2. The van der Waals surface area contributed by atoms with Crippen molar-refractivity contribution in [3.05, 3.63) is 29.8 Å². The predicted octanol–water partition coefficient (Wildman–Crippen LogP) is 1.91. The average Bonchev–Trinajstić information content (AvgIpc) is 2.48. The Labute approximate surface area is 126 Å². The zero-order valence-corrected chi connectivity index (χ0v) is 12.5. The molecule has 1 aromatic rings. The molecule has 114 valence electrons. The summed E-state index contributed by atoms with van der Waals surface area (Å²) in [6, 6.07) is 9.18. The highest BCUT2D eigenvalue weighted by atomic mass is 16.5. The molecule has 1 amide bonds. The number of unbranched alkanes of at least 4 members (excludes halogenated alkanes) is 1. The average molecular weight is 289 g/mol. The summed E-state index contributed by atoms with van der Waals surface area (Å²) in [6.07, 6.45) is 2.96. The Hall–Kier alpha value is -2.06. The summed E-state index contributed by atoms with van der Waals surface area (Å²) >= 11 is 0. The van der Waals surface area contributed by atoms with E-state index in [1.165, 1.54) is 0 Å². The van der Waals surface area contributed by atoms with Crippen LogP contribution in [0.25, 0.3) is 0 Å². The van der Waals surface area contributed by atoms with E-state index in [4.69, 9.17) is 15.7 Å². The Bertz CT molecular complexity index is 483. The van der Waals surface area contributed by atoms with Gasteiger partial charge in [0.2, 0.25) is 5.91 Å². The quantitative estimate of drug-likeness (QED) is 0.667. The van der Waals surface area contributed by atoms with Gasteiger partial charge in [-0.2, -0.15) is 5.26 Å². The van der Waals surface area contributed by atoms with E-state index in [0.29, 0.717) is 24.5 Å². The van der Waals surface area contributed by atoms with Crippen LogP contribution in [-0.4, -0.2) is 37.0 Å². The number of rotatable bonds is 10. The normalized spacial score (nSPS) is 10.3. The van der Waals surface area contributed by atoms with Crippen LogP contribution in [0.2, 0.25) is 0 Å². The molecular weight excluding hydrogens is 266 g/mol. The van der Waals surface area contributed by atoms with Gasteiger partial charge in [0.15, 0.2) is 0 Å². The smallest absolute Gasteiger partial charge is 0.231 e. The van der Waals surface area contributed by atoms with Crippen LogP contribution in [0.1, 0.15) is 31.7 Å². The van der Waals surface area contributed by atoms with Gasteiger partial charge in [-0.05, 0) is 37.6 Å². The molecule has 5 nitrogen and oxygen atoms in total. The van der Waals surface area contributed by atoms with Crippen molar-refractivity contribution in [2.45, 2.75) is 26.2 Å². The number of hydrogen-bond donors (Lipinski definition) is 1. The van der Waals surface area contributed by atoms with Gasteiger partial charge in [-0.15, -0.1) is 0 Å². The van der Waals surface area contributed by atoms with Crippen molar-refractivity contribution < 1.29 is 9.53 Å². The maximum Gasteiger partial charge on any atom is 0.231 e. The van der Waals surface area contributed by atoms with Gasteiger partial charge in [0.25, 0.3) is 0 Å². The third kappa shape index (κ3) is 7.33. The lowest BCUT2D eigenvalue weighted by Gasteiger charge is -2.20. The van der Waals surface area contributed by atoms with Gasteiger partial charge in [-0.3, -0.25) is 9.69 Å². The van der Waals surface area contributed by atoms with Crippen molar-refractivity contribution in [1.82, 2.24) is 4.90 Å². The molecule has 0 aromatic heterocycles. The molecule has 0 fully saturated rings. The Morgan fingerprint density at radius 1 is 1.38 bits per heavy atom. The molecule has 0 aliphatic heterocycles. The molecular formula is C16H23N3O2. The van der Waals surface area contributed by atoms with Crippen molar-refractivity contribution in [2.24, 2.45) is 5.73 Å². The number of carbonyl (C=O) groups excluding carboxylic acids is 1. The molecule has 0 aliphatic rings. The molecule has 0 spiro atoms. The number of hydrogen-bond acceptors (Lipinski definition) is 4. The molecule has 0 saturated carbocycles. The monoisotopic (exact) mass is 289 g/mol. The highest BCUT2D eigenvalue weighted by molar-refractivity contribution is 5.75. The van der Waals surface area contributed by atoms with E-state index in [9.17, 15) is 4.79 Å². The molecule has 0 aliphatic carbocycles. The minimum absolute atomic E-state index is 0.296. The summed E-state index contributed by atoms with van der Waals surface area (Å²) in [5.74, 6) is 0.401. The second-order valence-electron chi connectivity index (χ2n) is 4.94. The number of primary amides is 1.